The van der Waals surface area contributed by atoms with E-state index in [1.165, 1.54) is 0 Å². The minimum Gasteiger partial charge on any atom is -0.497 e. The van der Waals surface area contributed by atoms with Crippen LogP contribution < -0.4 is 10.5 Å². The normalized spacial score (nSPS) is 10.4. The van der Waals surface area contributed by atoms with E-state index < -0.39 is 0 Å². The van der Waals surface area contributed by atoms with Crippen molar-refractivity contribution in [2.24, 2.45) is 5.73 Å². The molecule has 0 aliphatic rings. The molecule has 84 valence electrons. The van der Waals surface area contributed by atoms with E-state index in [2.05, 4.69) is 4.98 Å². The number of aryl methyl sites for hydroxylation is 1. The topological polar surface area (TPSA) is 61.3 Å². The molecule has 0 bridgehead atoms. The van der Waals surface area contributed by atoms with Gasteiger partial charge in [-0.3, -0.25) is 0 Å². The first-order chi connectivity index (χ1) is 7.74. The van der Waals surface area contributed by atoms with Crippen molar-refractivity contribution in [3.05, 3.63) is 35.9 Å². The van der Waals surface area contributed by atoms with Gasteiger partial charge >= 0.3 is 0 Å². The zero-order valence-electron chi connectivity index (χ0n) is 9.36. The van der Waals surface area contributed by atoms with Crippen LogP contribution in [0.2, 0.25) is 0 Å². The van der Waals surface area contributed by atoms with Crippen molar-refractivity contribution in [2.75, 3.05) is 7.11 Å². The number of rotatable bonds is 3. The van der Waals surface area contributed by atoms with Crippen molar-refractivity contribution < 1.29 is 9.15 Å². The maximum Gasteiger partial charge on any atom is 0.208 e. The molecule has 0 amide bonds. The van der Waals surface area contributed by atoms with Crippen molar-refractivity contribution in [2.45, 2.75) is 13.5 Å². The van der Waals surface area contributed by atoms with Gasteiger partial charge in [0, 0.05) is 5.56 Å². The average Bonchev–Trinajstić information content (AvgIpc) is 2.71. The molecule has 0 spiro atoms. The Bertz CT molecular complexity index is 492. The Balaban J connectivity index is 2.45. The fourth-order valence-corrected chi connectivity index (χ4v) is 1.57. The Hall–Kier alpha value is -1.81. The molecular weight excluding hydrogens is 204 g/mol. The van der Waals surface area contributed by atoms with E-state index in [-0.39, 0.29) is 0 Å². The maximum atomic E-state index is 5.56. The number of hydrogen-bond acceptors (Lipinski definition) is 4. The lowest BCUT2D eigenvalue weighted by atomic mass is 10.1. The number of methoxy groups -OCH3 is 1. The van der Waals surface area contributed by atoms with E-state index in [4.69, 9.17) is 14.9 Å². The summed E-state index contributed by atoms with van der Waals surface area (Å²) in [5, 5.41) is 0. The lowest BCUT2D eigenvalue weighted by Gasteiger charge is -2.02. The van der Waals surface area contributed by atoms with Gasteiger partial charge in [0.2, 0.25) is 5.89 Å². The zero-order valence-corrected chi connectivity index (χ0v) is 9.36. The van der Waals surface area contributed by atoms with E-state index in [0.29, 0.717) is 12.4 Å². The van der Waals surface area contributed by atoms with Crippen LogP contribution in [0.4, 0.5) is 0 Å². The second-order valence-corrected chi connectivity index (χ2v) is 3.46. The predicted molar refractivity (Wildman–Crippen MR) is 61.1 cm³/mol. The molecule has 0 unspecified atom stereocenters. The van der Waals surface area contributed by atoms with Gasteiger partial charge in [0.05, 0.1) is 19.3 Å². The summed E-state index contributed by atoms with van der Waals surface area (Å²) in [6, 6.07) is 7.67. The first kappa shape index (κ1) is 10.7. The summed E-state index contributed by atoms with van der Waals surface area (Å²) in [5.74, 6) is 2.09. The third-order valence-electron chi connectivity index (χ3n) is 2.35. The van der Waals surface area contributed by atoms with Gasteiger partial charge in [-0.1, -0.05) is 12.1 Å². The van der Waals surface area contributed by atoms with Crippen LogP contribution in [0.3, 0.4) is 0 Å². The number of aromatic nitrogens is 1. The lowest BCUT2D eigenvalue weighted by molar-refractivity contribution is 0.414. The summed E-state index contributed by atoms with van der Waals surface area (Å²) in [5.41, 5.74) is 7.27. The van der Waals surface area contributed by atoms with E-state index in [1.807, 2.05) is 31.2 Å². The molecule has 1 heterocycles. The van der Waals surface area contributed by atoms with Crippen LogP contribution in [0, 0.1) is 6.92 Å². The molecule has 0 saturated heterocycles. The van der Waals surface area contributed by atoms with E-state index in [9.17, 15) is 0 Å². The highest BCUT2D eigenvalue weighted by atomic mass is 16.5. The van der Waals surface area contributed by atoms with Gasteiger partial charge in [-0.25, -0.2) is 4.98 Å². The Morgan fingerprint density at radius 1 is 1.44 bits per heavy atom. The maximum absolute atomic E-state index is 5.56. The SMILES string of the molecule is COc1cccc(-c2oc(CN)nc2C)c1. The minimum atomic E-state index is 0.310. The molecule has 2 aromatic rings. The monoisotopic (exact) mass is 218 g/mol. The van der Waals surface area contributed by atoms with Gasteiger partial charge < -0.3 is 14.9 Å². The standard InChI is InChI=1S/C12H14N2O2/c1-8-12(16-11(7-13)14-8)9-4-3-5-10(6-9)15-2/h3-6H,7,13H2,1-2H3. The van der Waals surface area contributed by atoms with Crippen molar-refractivity contribution in [3.8, 4) is 17.1 Å². The summed E-state index contributed by atoms with van der Waals surface area (Å²) >= 11 is 0. The van der Waals surface area contributed by atoms with Gasteiger partial charge in [0.25, 0.3) is 0 Å². The zero-order chi connectivity index (χ0) is 11.5. The molecule has 0 radical (unpaired) electrons. The van der Waals surface area contributed by atoms with Crippen LogP contribution in [0.25, 0.3) is 11.3 Å². The first-order valence-electron chi connectivity index (χ1n) is 5.05. The second-order valence-electron chi connectivity index (χ2n) is 3.46. The second kappa shape index (κ2) is 4.37. The van der Waals surface area contributed by atoms with Gasteiger partial charge in [0.15, 0.2) is 5.76 Å². The highest BCUT2D eigenvalue weighted by Gasteiger charge is 2.11. The largest absolute Gasteiger partial charge is 0.497 e. The van der Waals surface area contributed by atoms with Crippen molar-refractivity contribution in [3.63, 3.8) is 0 Å². The molecule has 1 aromatic carbocycles. The van der Waals surface area contributed by atoms with Crippen LogP contribution >= 0.6 is 0 Å². The molecule has 4 nitrogen and oxygen atoms in total. The molecule has 0 aliphatic carbocycles. The minimum absolute atomic E-state index is 0.310. The Morgan fingerprint density at radius 3 is 2.88 bits per heavy atom. The Labute approximate surface area is 94.1 Å². The van der Waals surface area contributed by atoms with E-state index in [1.54, 1.807) is 7.11 Å². The van der Waals surface area contributed by atoms with Gasteiger partial charge in [0.1, 0.15) is 5.75 Å². The van der Waals surface area contributed by atoms with Crippen LogP contribution in [0.1, 0.15) is 11.6 Å². The summed E-state index contributed by atoms with van der Waals surface area (Å²) < 4.78 is 10.7. The molecular formula is C12H14N2O2. The molecule has 0 aliphatic heterocycles. The number of benzene rings is 1. The highest BCUT2D eigenvalue weighted by Crippen LogP contribution is 2.27. The number of nitrogens with zero attached hydrogens (tertiary/aromatic N) is 1. The van der Waals surface area contributed by atoms with E-state index in [0.717, 1.165) is 22.8 Å². The number of ether oxygens (including phenoxy) is 1. The van der Waals surface area contributed by atoms with Gasteiger partial charge in [-0.2, -0.15) is 0 Å². The quantitative estimate of drug-likeness (QED) is 0.857. The summed E-state index contributed by atoms with van der Waals surface area (Å²) in [7, 11) is 1.64. The molecule has 0 atom stereocenters. The van der Waals surface area contributed by atoms with Crippen LogP contribution in [-0.2, 0) is 6.54 Å². The van der Waals surface area contributed by atoms with Crippen LogP contribution in [-0.4, -0.2) is 12.1 Å². The third-order valence-corrected chi connectivity index (χ3v) is 2.35. The molecule has 2 rings (SSSR count). The van der Waals surface area contributed by atoms with Gasteiger partial charge in [-0.15, -0.1) is 0 Å². The Kier molecular flexibility index (Phi) is 2.92. The fourth-order valence-electron chi connectivity index (χ4n) is 1.57. The van der Waals surface area contributed by atoms with Crippen LogP contribution in [0.15, 0.2) is 28.7 Å². The molecule has 1 aromatic heterocycles. The number of oxazole rings is 1. The predicted octanol–water partition coefficient (Wildman–Crippen LogP) is 2.12. The van der Waals surface area contributed by atoms with Crippen LogP contribution in [0.5, 0.6) is 5.75 Å². The van der Waals surface area contributed by atoms with Gasteiger partial charge in [-0.05, 0) is 19.1 Å². The molecule has 0 saturated carbocycles. The summed E-state index contributed by atoms with van der Waals surface area (Å²) in [6.45, 7) is 2.21. The first-order valence-corrected chi connectivity index (χ1v) is 5.05. The summed E-state index contributed by atoms with van der Waals surface area (Å²) in [4.78, 5) is 4.23. The highest BCUT2D eigenvalue weighted by molar-refractivity contribution is 5.61. The molecule has 16 heavy (non-hydrogen) atoms. The molecule has 0 fully saturated rings. The number of nitrogens with two attached hydrogens (primary N) is 1. The summed E-state index contributed by atoms with van der Waals surface area (Å²) in [6.07, 6.45) is 0. The lowest BCUT2D eigenvalue weighted by Crippen LogP contribution is -1.95. The molecule has 4 heteroatoms. The van der Waals surface area contributed by atoms with Crippen molar-refractivity contribution in [1.82, 2.24) is 4.98 Å². The number of hydrogen-bond donors (Lipinski definition) is 1. The third kappa shape index (κ3) is 1.92. The smallest absolute Gasteiger partial charge is 0.208 e. The Morgan fingerprint density at radius 2 is 2.25 bits per heavy atom. The van der Waals surface area contributed by atoms with Crippen molar-refractivity contribution in [1.29, 1.82) is 0 Å². The van der Waals surface area contributed by atoms with Crippen molar-refractivity contribution >= 4 is 0 Å². The fraction of sp³-hybridized carbons (Fsp3) is 0.250. The average molecular weight is 218 g/mol. The molecule has 2 N–H and O–H groups in total. The van der Waals surface area contributed by atoms with E-state index >= 15 is 0 Å².